The normalized spacial score (nSPS) is 9.95. The summed E-state index contributed by atoms with van der Waals surface area (Å²) in [5, 5.41) is 12.0. The number of nitrogens with two attached hydrogens (primary N) is 1. The molecule has 0 heterocycles. The van der Waals surface area contributed by atoms with Crippen molar-refractivity contribution in [2.45, 2.75) is 6.54 Å². The second kappa shape index (κ2) is 5.72. The first kappa shape index (κ1) is 13.4. The molecule has 0 atom stereocenters. The molecular weight excluding hydrogens is 309 g/mol. The number of nitrogens with one attached hydrogen (secondary N) is 1. The average molecular weight is 320 g/mol. The topological polar surface area (TPSA) is 61.8 Å². The van der Waals surface area contributed by atoms with Crippen molar-refractivity contribution < 1.29 is 4.39 Å². The largest absolute Gasteiger partial charge is 0.399 e. The molecule has 19 heavy (non-hydrogen) atoms. The summed E-state index contributed by atoms with van der Waals surface area (Å²) >= 11 is 3.30. The maximum Gasteiger partial charge on any atom is 0.128 e. The van der Waals surface area contributed by atoms with Crippen LogP contribution in [0.4, 0.5) is 15.8 Å². The Kier molecular flexibility index (Phi) is 4.03. The van der Waals surface area contributed by atoms with Gasteiger partial charge in [0.2, 0.25) is 0 Å². The van der Waals surface area contributed by atoms with E-state index in [-0.39, 0.29) is 5.82 Å². The molecule has 2 rings (SSSR count). The second-order valence-corrected chi connectivity index (χ2v) is 4.92. The third kappa shape index (κ3) is 3.24. The van der Waals surface area contributed by atoms with Crippen molar-refractivity contribution in [3.05, 3.63) is 57.8 Å². The fourth-order valence-corrected chi connectivity index (χ4v) is 2.09. The lowest BCUT2D eigenvalue weighted by molar-refractivity contribution is 0.612. The Morgan fingerprint density at radius 3 is 2.79 bits per heavy atom. The van der Waals surface area contributed by atoms with Crippen molar-refractivity contribution in [2.24, 2.45) is 0 Å². The van der Waals surface area contributed by atoms with E-state index in [1.165, 1.54) is 6.07 Å². The molecule has 0 saturated heterocycles. The molecular formula is C14H11BrFN3. The lowest BCUT2D eigenvalue weighted by Crippen LogP contribution is -2.03. The number of benzene rings is 2. The molecule has 0 saturated carbocycles. The molecule has 3 N–H and O–H groups in total. The molecule has 0 radical (unpaired) electrons. The van der Waals surface area contributed by atoms with Crippen LogP contribution < -0.4 is 11.1 Å². The van der Waals surface area contributed by atoms with E-state index in [0.717, 1.165) is 4.47 Å². The SMILES string of the molecule is N#Cc1cc(N)ccc1NCc1cc(Br)ccc1F. The average Bonchev–Trinajstić information content (AvgIpc) is 2.40. The van der Waals surface area contributed by atoms with Gasteiger partial charge in [-0.1, -0.05) is 15.9 Å². The predicted octanol–water partition coefficient (Wildman–Crippen LogP) is 3.65. The Morgan fingerprint density at radius 2 is 2.05 bits per heavy atom. The molecule has 0 bridgehead atoms. The third-order valence-electron chi connectivity index (χ3n) is 2.64. The van der Waals surface area contributed by atoms with Gasteiger partial charge in [0.15, 0.2) is 0 Å². The molecule has 0 spiro atoms. The predicted molar refractivity (Wildman–Crippen MR) is 77.0 cm³/mol. The van der Waals surface area contributed by atoms with Gasteiger partial charge >= 0.3 is 0 Å². The van der Waals surface area contributed by atoms with E-state index in [1.807, 2.05) is 0 Å². The van der Waals surface area contributed by atoms with Gasteiger partial charge in [0.05, 0.1) is 11.3 Å². The highest BCUT2D eigenvalue weighted by Crippen LogP contribution is 2.21. The highest BCUT2D eigenvalue weighted by atomic mass is 79.9. The van der Waals surface area contributed by atoms with Crippen LogP contribution in [0.2, 0.25) is 0 Å². The van der Waals surface area contributed by atoms with Crippen molar-refractivity contribution in [1.29, 1.82) is 5.26 Å². The quantitative estimate of drug-likeness (QED) is 0.849. The fourth-order valence-electron chi connectivity index (χ4n) is 1.68. The number of nitrogen functional groups attached to an aromatic ring is 1. The Labute approximate surface area is 119 Å². The zero-order valence-corrected chi connectivity index (χ0v) is 11.5. The second-order valence-electron chi connectivity index (χ2n) is 4.01. The molecule has 5 heteroatoms. The number of halogens is 2. The number of rotatable bonds is 3. The number of nitriles is 1. The van der Waals surface area contributed by atoms with Gasteiger partial charge in [-0.15, -0.1) is 0 Å². The van der Waals surface area contributed by atoms with Crippen LogP contribution >= 0.6 is 15.9 Å². The molecule has 0 fully saturated rings. The molecule has 0 amide bonds. The maximum absolute atomic E-state index is 13.6. The highest BCUT2D eigenvalue weighted by molar-refractivity contribution is 9.10. The summed E-state index contributed by atoms with van der Waals surface area (Å²) < 4.78 is 14.4. The molecule has 96 valence electrons. The summed E-state index contributed by atoms with van der Waals surface area (Å²) in [4.78, 5) is 0. The molecule has 0 aliphatic heterocycles. The number of hydrogen-bond acceptors (Lipinski definition) is 3. The lowest BCUT2D eigenvalue weighted by Gasteiger charge is -2.10. The number of anilines is 2. The van der Waals surface area contributed by atoms with Crippen LogP contribution in [-0.4, -0.2) is 0 Å². The van der Waals surface area contributed by atoms with Gasteiger partial charge < -0.3 is 11.1 Å². The van der Waals surface area contributed by atoms with Crippen LogP contribution in [-0.2, 0) is 6.54 Å². The standard InChI is InChI=1S/C14H11BrFN3/c15-11-1-3-13(16)10(5-11)8-19-14-4-2-12(18)6-9(14)7-17/h1-6,19H,8,18H2. The van der Waals surface area contributed by atoms with E-state index >= 15 is 0 Å². The minimum Gasteiger partial charge on any atom is -0.399 e. The van der Waals surface area contributed by atoms with Crippen LogP contribution in [0.1, 0.15) is 11.1 Å². The van der Waals surface area contributed by atoms with Gasteiger partial charge in [-0.05, 0) is 36.4 Å². The zero-order chi connectivity index (χ0) is 13.8. The Morgan fingerprint density at radius 1 is 1.26 bits per heavy atom. The molecule has 0 unspecified atom stereocenters. The van der Waals surface area contributed by atoms with E-state index in [1.54, 1.807) is 30.3 Å². The van der Waals surface area contributed by atoms with Crippen LogP contribution in [0, 0.1) is 17.1 Å². The highest BCUT2D eigenvalue weighted by Gasteiger charge is 2.05. The van der Waals surface area contributed by atoms with E-state index in [9.17, 15) is 4.39 Å². The van der Waals surface area contributed by atoms with Gasteiger partial charge in [-0.2, -0.15) is 5.26 Å². The Balaban J connectivity index is 2.19. The maximum atomic E-state index is 13.6. The number of nitrogens with zero attached hydrogens (tertiary/aromatic N) is 1. The van der Waals surface area contributed by atoms with E-state index in [4.69, 9.17) is 11.0 Å². The van der Waals surface area contributed by atoms with Crippen molar-refractivity contribution in [3.63, 3.8) is 0 Å². The summed E-state index contributed by atoms with van der Waals surface area (Å²) in [5.41, 5.74) is 7.73. The first-order valence-electron chi connectivity index (χ1n) is 5.57. The first-order valence-corrected chi connectivity index (χ1v) is 6.37. The zero-order valence-electron chi connectivity index (χ0n) is 9.95. The van der Waals surface area contributed by atoms with Crippen molar-refractivity contribution in [2.75, 3.05) is 11.1 Å². The summed E-state index contributed by atoms with van der Waals surface area (Å²) in [6, 6.07) is 11.8. The Bertz CT molecular complexity index is 650. The fraction of sp³-hybridized carbons (Fsp3) is 0.0714. The van der Waals surface area contributed by atoms with Crippen molar-refractivity contribution >= 4 is 27.3 Å². The molecule has 0 aliphatic rings. The van der Waals surface area contributed by atoms with Gasteiger partial charge in [0.1, 0.15) is 11.9 Å². The van der Waals surface area contributed by atoms with Crippen molar-refractivity contribution in [3.8, 4) is 6.07 Å². The molecule has 0 aliphatic carbocycles. The van der Waals surface area contributed by atoms with Gasteiger partial charge in [0, 0.05) is 22.3 Å². The van der Waals surface area contributed by atoms with Crippen LogP contribution in [0.25, 0.3) is 0 Å². The molecule has 0 aromatic heterocycles. The minimum absolute atomic E-state index is 0.287. The van der Waals surface area contributed by atoms with Crippen LogP contribution in [0.5, 0.6) is 0 Å². The minimum atomic E-state index is -0.287. The van der Waals surface area contributed by atoms with Gasteiger partial charge in [-0.25, -0.2) is 4.39 Å². The summed E-state index contributed by atoms with van der Waals surface area (Å²) in [6.07, 6.45) is 0. The monoisotopic (exact) mass is 319 g/mol. The first-order chi connectivity index (χ1) is 9.10. The van der Waals surface area contributed by atoms with Crippen LogP contribution in [0.3, 0.4) is 0 Å². The van der Waals surface area contributed by atoms with Gasteiger partial charge in [0.25, 0.3) is 0 Å². The van der Waals surface area contributed by atoms with Crippen molar-refractivity contribution in [1.82, 2.24) is 0 Å². The Hall–Kier alpha value is -2.06. The molecule has 3 nitrogen and oxygen atoms in total. The number of hydrogen-bond donors (Lipinski definition) is 2. The third-order valence-corrected chi connectivity index (χ3v) is 3.13. The summed E-state index contributed by atoms with van der Waals surface area (Å²) in [5.74, 6) is -0.287. The molecule has 2 aromatic rings. The summed E-state index contributed by atoms with van der Waals surface area (Å²) in [7, 11) is 0. The summed E-state index contributed by atoms with van der Waals surface area (Å²) in [6.45, 7) is 0.296. The van der Waals surface area contributed by atoms with E-state index < -0.39 is 0 Å². The van der Waals surface area contributed by atoms with E-state index in [2.05, 4.69) is 27.3 Å². The van der Waals surface area contributed by atoms with E-state index in [0.29, 0.717) is 29.0 Å². The van der Waals surface area contributed by atoms with Crippen LogP contribution in [0.15, 0.2) is 40.9 Å². The van der Waals surface area contributed by atoms with Gasteiger partial charge in [-0.3, -0.25) is 0 Å². The molecule has 2 aromatic carbocycles. The lowest BCUT2D eigenvalue weighted by atomic mass is 10.1. The smallest absolute Gasteiger partial charge is 0.128 e.